The number of anilines is 2. The molecular weight excluding hydrogens is 250 g/mol. The lowest BCUT2D eigenvalue weighted by atomic mass is 9.96. The second-order valence-corrected chi connectivity index (χ2v) is 5.15. The van der Waals surface area contributed by atoms with E-state index in [1.807, 2.05) is 18.2 Å². The van der Waals surface area contributed by atoms with Gasteiger partial charge in [0.05, 0.1) is 6.10 Å². The van der Waals surface area contributed by atoms with Gasteiger partial charge in [-0.2, -0.15) is 0 Å². The number of hydrogen-bond acceptors (Lipinski definition) is 4. The van der Waals surface area contributed by atoms with Gasteiger partial charge >= 0.3 is 0 Å². The van der Waals surface area contributed by atoms with Crippen LogP contribution in [0, 0.1) is 5.92 Å². The molecule has 1 heterocycles. The number of nitrogens with one attached hydrogen (secondary N) is 1. The molecule has 4 heteroatoms. The van der Waals surface area contributed by atoms with Crippen molar-refractivity contribution in [2.75, 3.05) is 17.6 Å². The molecule has 4 nitrogen and oxygen atoms in total. The summed E-state index contributed by atoms with van der Waals surface area (Å²) in [4.78, 5) is 4.11. The first-order chi connectivity index (χ1) is 9.67. The SMILES string of the molecule is CCC(CC)C(O)CNc1ccc(N)c2cnccc12. The Labute approximate surface area is 120 Å². The Morgan fingerprint density at radius 3 is 2.65 bits per heavy atom. The maximum Gasteiger partial charge on any atom is 0.0740 e. The highest BCUT2D eigenvalue weighted by atomic mass is 16.3. The molecule has 0 aliphatic rings. The molecule has 0 aliphatic heterocycles. The lowest BCUT2D eigenvalue weighted by molar-refractivity contribution is 0.114. The highest BCUT2D eigenvalue weighted by Crippen LogP contribution is 2.27. The van der Waals surface area contributed by atoms with Gasteiger partial charge in [-0.3, -0.25) is 4.98 Å². The molecular formula is C16H23N3O. The summed E-state index contributed by atoms with van der Waals surface area (Å²) < 4.78 is 0. The van der Waals surface area contributed by atoms with Crippen LogP contribution in [-0.4, -0.2) is 22.7 Å². The predicted octanol–water partition coefficient (Wildman–Crippen LogP) is 3.03. The minimum Gasteiger partial charge on any atom is -0.398 e. The van der Waals surface area contributed by atoms with E-state index in [0.717, 1.165) is 35.0 Å². The number of nitrogens with two attached hydrogens (primary N) is 1. The summed E-state index contributed by atoms with van der Waals surface area (Å²) in [6, 6.07) is 5.77. The summed E-state index contributed by atoms with van der Waals surface area (Å²) in [5.41, 5.74) is 7.66. The van der Waals surface area contributed by atoms with Crippen molar-refractivity contribution in [1.29, 1.82) is 0 Å². The average molecular weight is 273 g/mol. The third kappa shape index (κ3) is 3.02. The van der Waals surface area contributed by atoms with E-state index in [9.17, 15) is 5.11 Å². The molecule has 0 spiro atoms. The van der Waals surface area contributed by atoms with Gasteiger partial charge in [0.1, 0.15) is 0 Å². The first-order valence-electron chi connectivity index (χ1n) is 7.21. The Balaban J connectivity index is 2.16. The number of rotatable bonds is 6. The molecule has 1 unspecified atom stereocenters. The topological polar surface area (TPSA) is 71.2 Å². The van der Waals surface area contributed by atoms with E-state index in [0.29, 0.717) is 12.5 Å². The second kappa shape index (κ2) is 6.57. The first-order valence-corrected chi connectivity index (χ1v) is 7.21. The third-order valence-electron chi connectivity index (χ3n) is 3.95. The molecule has 1 atom stereocenters. The van der Waals surface area contributed by atoms with Gasteiger partial charge < -0.3 is 16.2 Å². The quantitative estimate of drug-likeness (QED) is 0.707. The van der Waals surface area contributed by atoms with Gasteiger partial charge in [-0.25, -0.2) is 0 Å². The summed E-state index contributed by atoms with van der Waals surface area (Å²) in [6.07, 6.45) is 5.18. The number of nitrogens with zero attached hydrogens (tertiary/aromatic N) is 1. The fourth-order valence-corrected chi connectivity index (χ4v) is 2.58. The number of hydrogen-bond donors (Lipinski definition) is 3. The van der Waals surface area contributed by atoms with Crippen molar-refractivity contribution in [2.45, 2.75) is 32.8 Å². The number of benzene rings is 1. The van der Waals surface area contributed by atoms with Crippen LogP contribution < -0.4 is 11.1 Å². The zero-order valence-electron chi connectivity index (χ0n) is 12.1. The average Bonchev–Trinajstić information content (AvgIpc) is 2.48. The second-order valence-electron chi connectivity index (χ2n) is 5.15. The minimum absolute atomic E-state index is 0.334. The van der Waals surface area contributed by atoms with Gasteiger partial charge in [0, 0.05) is 41.1 Å². The van der Waals surface area contributed by atoms with Crippen molar-refractivity contribution in [2.24, 2.45) is 5.92 Å². The van der Waals surface area contributed by atoms with Gasteiger partial charge in [-0.1, -0.05) is 26.7 Å². The van der Waals surface area contributed by atoms with Gasteiger partial charge in [-0.05, 0) is 24.1 Å². The van der Waals surface area contributed by atoms with Crippen molar-refractivity contribution in [3.63, 3.8) is 0 Å². The Hall–Kier alpha value is -1.81. The third-order valence-corrected chi connectivity index (χ3v) is 3.95. The number of pyridine rings is 1. The Bertz CT molecular complexity index is 567. The van der Waals surface area contributed by atoms with E-state index < -0.39 is 0 Å². The molecule has 1 aromatic heterocycles. The van der Waals surface area contributed by atoms with Gasteiger partial charge in [0.25, 0.3) is 0 Å². The number of fused-ring (bicyclic) bond motifs is 1. The summed E-state index contributed by atoms with van der Waals surface area (Å²) in [5.74, 6) is 0.337. The molecule has 2 rings (SSSR count). The van der Waals surface area contributed by atoms with E-state index in [-0.39, 0.29) is 6.10 Å². The van der Waals surface area contributed by atoms with E-state index in [1.54, 1.807) is 12.4 Å². The molecule has 0 saturated heterocycles. The van der Waals surface area contributed by atoms with Crippen molar-refractivity contribution < 1.29 is 5.11 Å². The number of nitrogen functional groups attached to an aromatic ring is 1. The van der Waals surface area contributed by atoms with Crippen LogP contribution >= 0.6 is 0 Å². The van der Waals surface area contributed by atoms with Crippen LogP contribution in [0.4, 0.5) is 11.4 Å². The molecule has 4 N–H and O–H groups in total. The van der Waals surface area contributed by atoms with Crippen molar-refractivity contribution in [3.05, 3.63) is 30.6 Å². The first kappa shape index (κ1) is 14.6. The monoisotopic (exact) mass is 273 g/mol. The molecule has 0 bridgehead atoms. The molecule has 0 saturated carbocycles. The Kier molecular flexibility index (Phi) is 4.79. The Morgan fingerprint density at radius 1 is 1.20 bits per heavy atom. The molecule has 108 valence electrons. The van der Waals surface area contributed by atoms with Crippen LogP contribution in [0.1, 0.15) is 26.7 Å². The van der Waals surface area contributed by atoms with Gasteiger partial charge in [0.2, 0.25) is 0 Å². The predicted molar refractivity (Wildman–Crippen MR) is 84.7 cm³/mol. The summed E-state index contributed by atoms with van der Waals surface area (Å²) in [6.45, 7) is 4.77. The molecule has 20 heavy (non-hydrogen) atoms. The van der Waals surface area contributed by atoms with Gasteiger partial charge in [0.15, 0.2) is 0 Å². The van der Waals surface area contributed by atoms with E-state index in [4.69, 9.17) is 5.73 Å². The van der Waals surface area contributed by atoms with E-state index in [2.05, 4.69) is 24.1 Å². The van der Waals surface area contributed by atoms with Crippen molar-refractivity contribution >= 4 is 22.1 Å². The molecule has 1 aromatic carbocycles. The highest BCUT2D eigenvalue weighted by molar-refractivity contribution is 6.00. The lowest BCUT2D eigenvalue weighted by Gasteiger charge is -2.21. The van der Waals surface area contributed by atoms with Crippen molar-refractivity contribution in [3.8, 4) is 0 Å². The standard InChI is InChI=1S/C16H23N3O/c1-3-11(4-2)16(20)10-19-15-6-5-14(17)13-9-18-8-7-12(13)15/h5-9,11,16,19-20H,3-4,10,17H2,1-2H3. The van der Waals surface area contributed by atoms with Crippen LogP contribution in [-0.2, 0) is 0 Å². The number of aromatic nitrogens is 1. The highest BCUT2D eigenvalue weighted by Gasteiger charge is 2.15. The molecule has 0 radical (unpaired) electrons. The maximum atomic E-state index is 10.2. The normalized spacial score (nSPS) is 12.8. The number of aliphatic hydroxyl groups excluding tert-OH is 1. The van der Waals surface area contributed by atoms with Crippen molar-refractivity contribution in [1.82, 2.24) is 4.98 Å². The molecule has 0 fully saturated rings. The molecule has 0 aliphatic carbocycles. The summed E-state index contributed by atoms with van der Waals surface area (Å²) >= 11 is 0. The Morgan fingerprint density at radius 2 is 1.95 bits per heavy atom. The molecule has 0 amide bonds. The van der Waals surface area contributed by atoms with Crippen LogP contribution in [0.3, 0.4) is 0 Å². The fourth-order valence-electron chi connectivity index (χ4n) is 2.58. The zero-order chi connectivity index (χ0) is 14.5. The van der Waals surface area contributed by atoms with Gasteiger partial charge in [-0.15, -0.1) is 0 Å². The minimum atomic E-state index is -0.334. The summed E-state index contributed by atoms with van der Waals surface area (Å²) in [7, 11) is 0. The zero-order valence-corrected chi connectivity index (χ0v) is 12.1. The lowest BCUT2D eigenvalue weighted by Crippen LogP contribution is -2.27. The van der Waals surface area contributed by atoms with Crippen LogP contribution in [0.25, 0.3) is 10.8 Å². The van der Waals surface area contributed by atoms with E-state index in [1.165, 1.54) is 0 Å². The van der Waals surface area contributed by atoms with Crippen LogP contribution in [0.2, 0.25) is 0 Å². The number of aliphatic hydroxyl groups is 1. The smallest absolute Gasteiger partial charge is 0.0740 e. The summed E-state index contributed by atoms with van der Waals surface area (Å²) in [5, 5.41) is 15.5. The molecule has 2 aromatic rings. The van der Waals surface area contributed by atoms with Crippen LogP contribution in [0.5, 0.6) is 0 Å². The maximum absolute atomic E-state index is 10.2. The van der Waals surface area contributed by atoms with Crippen LogP contribution in [0.15, 0.2) is 30.6 Å². The fraction of sp³-hybridized carbons (Fsp3) is 0.438. The largest absolute Gasteiger partial charge is 0.398 e. The van der Waals surface area contributed by atoms with E-state index >= 15 is 0 Å².